The fraction of sp³-hybridized carbons (Fsp3) is 0.600. The molecule has 2 unspecified atom stereocenters. The Hall–Kier alpha value is -0.910. The molecular formula is C15H24N2O2S. The number of nitrogens with zero attached hydrogens (tertiary/aromatic N) is 1. The predicted molar refractivity (Wildman–Crippen MR) is 81.0 cm³/mol. The number of hydrogen-bond acceptors (Lipinski definition) is 3. The third-order valence-corrected chi connectivity index (χ3v) is 6.36. The van der Waals surface area contributed by atoms with Gasteiger partial charge in [0.25, 0.3) is 0 Å². The average Bonchev–Trinajstić information content (AvgIpc) is 2.42. The molecule has 1 saturated heterocycles. The van der Waals surface area contributed by atoms with Crippen molar-refractivity contribution in [3.8, 4) is 0 Å². The molecule has 1 aliphatic heterocycles. The van der Waals surface area contributed by atoms with Gasteiger partial charge in [0.05, 0.1) is 4.90 Å². The van der Waals surface area contributed by atoms with Crippen LogP contribution in [-0.4, -0.2) is 32.4 Å². The largest absolute Gasteiger partial charge is 0.330 e. The number of sulfonamides is 1. The van der Waals surface area contributed by atoms with Gasteiger partial charge in [-0.1, -0.05) is 13.0 Å². The van der Waals surface area contributed by atoms with Crippen molar-refractivity contribution in [2.45, 2.75) is 32.1 Å². The molecule has 0 bridgehead atoms. The van der Waals surface area contributed by atoms with Crippen molar-refractivity contribution in [1.82, 2.24) is 4.31 Å². The van der Waals surface area contributed by atoms with Gasteiger partial charge >= 0.3 is 0 Å². The smallest absolute Gasteiger partial charge is 0.243 e. The number of benzene rings is 1. The summed E-state index contributed by atoms with van der Waals surface area (Å²) in [6.07, 6.45) is 0.881. The van der Waals surface area contributed by atoms with Crippen LogP contribution < -0.4 is 5.73 Å². The summed E-state index contributed by atoms with van der Waals surface area (Å²) in [6.45, 7) is 7.74. The summed E-state index contributed by atoms with van der Waals surface area (Å²) < 4.78 is 27.0. The maximum Gasteiger partial charge on any atom is 0.243 e. The van der Waals surface area contributed by atoms with Crippen molar-refractivity contribution < 1.29 is 8.42 Å². The van der Waals surface area contributed by atoms with E-state index >= 15 is 0 Å². The van der Waals surface area contributed by atoms with Crippen LogP contribution in [-0.2, 0) is 10.0 Å². The predicted octanol–water partition coefficient (Wildman–Crippen LogP) is 1.91. The minimum absolute atomic E-state index is 0.255. The molecule has 2 atom stereocenters. The van der Waals surface area contributed by atoms with Gasteiger partial charge < -0.3 is 5.73 Å². The first-order valence-electron chi connectivity index (χ1n) is 7.13. The average molecular weight is 296 g/mol. The van der Waals surface area contributed by atoms with E-state index in [0.29, 0.717) is 30.4 Å². The van der Waals surface area contributed by atoms with Crippen LogP contribution >= 0.6 is 0 Å². The lowest BCUT2D eigenvalue weighted by molar-refractivity contribution is 0.203. The van der Waals surface area contributed by atoms with Gasteiger partial charge in [-0.15, -0.1) is 0 Å². The van der Waals surface area contributed by atoms with Gasteiger partial charge in [-0.3, -0.25) is 0 Å². The molecule has 0 radical (unpaired) electrons. The number of aryl methyl sites for hydroxylation is 2. The fourth-order valence-corrected chi connectivity index (χ4v) is 4.26. The molecule has 0 saturated carbocycles. The number of piperidine rings is 1. The van der Waals surface area contributed by atoms with Crippen molar-refractivity contribution in [2.24, 2.45) is 17.6 Å². The molecule has 1 fully saturated rings. The Balaban J connectivity index is 2.28. The number of nitrogens with two attached hydrogens (primary N) is 1. The van der Waals surface area contributed by atoms with E-state index in [2.05, 4.69) is 6.92 Å². The van der Waals surface area contributed by atoms with Crippen LogP contribution in [0.15, 0.2) is 23.1 Å². The summed E-state index contributed by atoms with van der Waals surface area (Å²) in [4.78, 5) is 0.394. The topological polar surface area (TPSA) is 63.4 Å². The molecular weight excluding hydrogens is 272 g/mol. The highest BCUT2D eigenvalue weighted by atomic mass is 32.2. The van der Waals surface area contributed by atoms with E-state index in [0.717, 1.165) is 17.5 Å². The molecule has 4 nitrogen and oxygen atoms in total. The van der Waals surface area contributed by atoms with Gasteiger partial charge in [0.1, 0.15) is 0 Å². The molecule has 1 aromatic carbocycles. The van der Waals surface area contributed by atoms with E-state index in [-0.39, 0.29) is 5.92 Å². The lowest BCUT2D eigenvalue weighted by Crippen LogP contribution is -2.45. The molecule has 0 spiro atoms. The Bertz CT molecular complexity index is 584. The van der Waals surface area contributed by atoms with Gasteiger partial charge in [-0.25, -0.2) is 8.42 Å². The third-order valence-electron chi connectivity index (χ3n) is 4.50. The summed E-state index contributed by atoms with van der Waals surface area (Å²) in [5.74, 6) is 0.747. The highest BCUT2D eigenvalue weighted by molar-refractivity contribution is 7.89. The van der Waals surface area contributed by atoms with Crippen molar-refractivity contribution in [3.05, 3.63) is 29.3 Å². The monoisotopic (exact) mass is 296 g/mol. The van der Waals surface area contributed by atoms with Crippen LogP contribution in [0, 0.1) is 25.7 Å². The van der Waals surface area contributed by atoms with Crippen LogP contribution in [0.5, 0.6) is 0 Å². The molecule has 0 aliphatic carbocycles. The van der Waals surface area contributed by atoms with Crippen LogP contribution in [0.25, 0.3) is 0 Å². The highest BCUT2D eigenvalue weighted by Gasteiger charge is 2.33. The minimum atomic E-state index is -3.39. The lowest BCUT2D eigenvalue weighted by atomic mass is 9.88. The lowest BCUT2D eigenvalue weighted by Gasteiger charge is -2.35. The Labute approximate surface area is 122 Å². The number of rotatable bonds is 3. The van der Waals surface area contributed by atoms with Crippen LogP contribution in [0.1, 0.15) is 24.5 Å². The first kappa shape index (κ1) is 15.5. The maximum absolute atomic E-state index is 12.7. The molecule has 1 aliphatic rings. The molecule has 20 heavy (non-hydrogen) atoms. The van der Waals surface area contributed by atoms with Gasteiger partial charge in [0.2, 0.25) is 10.0 Å². The first-order valence-corrected chi connectivity index (χ1v) is 8.57. The quantitative estimate of drug-likeness (QED) is 0.926. The molecule has 2 rings (SSSR count). The Morgan fingerprint density at radius 3 is 2.60 bits per heavy atom. The van der Waals surface area contributed by atoms with E-state index in [1.54, 1.807) is 16.4 Å². The summed E-state index contributed by atoms with van der Waals surface area (Å²) in [5.41, 5.74) is 7.87. The zero-order valence-corrected chi connectivity index (χ0v) is 13.3. The second-order valence-corrected chi connectivity index (χ2v) is 7.81. The Morgan fingerprint density at radius 2 is 2.00 bits per heavy atom. The van der Waals surface area contributed by atoms with E-state index in [1.807, 2.05) is 19.9 Å². The van der Waals surface area contributed by atoms with Gasteiger partial charge in [0, 0.05) is 13.1 Å². The molecule has 2 N–H and O–H groups in total. The number of hydrogen-bond donors (Lipinski definition) is 1. The summed E-state index contributed by atoms with van der Waals surface area (Å²) in [5, 5.41) is 0. The van der Waals surface area contributed by atoms with Gasteiger partial charge in [-0.2, -0.15) is 4.31 Å². The first-order chi connectivity index (χ1) is 9.36. The van der Waals surface area contributed by atoms with E-state index in [9.17, 15) is 8.42 Å². The Morgan fingerprint density at radius 1 is 1.30 bits per heavy atom. The zero-order valence-electron chi connectivity index (χ0n) is 12.5. The van der Waals surface area contributed by atoms with Crippen molar-refractivity contribution >= 4 is 10.0 Å². The van der Waals surface area contributed by atoms with Gasteiger partial charge in [-0.05, 0) is 61.9 Å². The zero-order chi connectivity index (χ0) is 14.9. The molecule has 112 valence electrons. The highest BCUT2D eigenvalue weighted by Crippen LogP contribution is 2.27. The maximum atomic E-state index is 12.7. The molecule has 1 heterocycles. The summed E-state index contributed by atoms with van der Waals surface area (Å²) in [7, 11) is -3.39. The third kappa shape index (κ3) is 2.90. The normalized spacial score (nSPS) is 24.8. The van der Waals surface area contributed by atoms with Gasteiger partial charge in [0.15, 0.2) is 0 Å². The van der Waals surface area contributed by atoms with Crippen molar-refractivity contribution in [3.63, 3.8) is 0 Å². The Kier molecular flexibility index (Phi) is 4.52. The van der Waals surface area contributed by atoms with Crippen LogP contribution in [0.4, 0.5) is 0 Å². The second kappa shape index (κ2) is 5.84. The van der Waals surface area contributed by atoms with Crippen LogP contribution in [0.2, 0.25) is 0 Å². The molecule has 0 aromatic heterocycles. The fourth-order valence-electron chi connectivity index (χ4n) is 2.66. The van der Waals surface area contributed by atoms with Crippen molar-refractivity contribution in [1.29, 1.82) is 0 Å². The van der Waals surface area contributed by atoms with Crippen molar-refractivity contribution in [2.75, 3.05) is 19.6 Å². The van der Waals surface area contributed by atoms with E-state index < -0.39 is 10.0 Å². The molecule has 5 heteroatoms. The standard InChI is InChI=1S/C15H24N2O2S/c1-11-4-5-15(8-13(11)3)20(18,19)17-7-6-12(2)14(9-16)10-17/h4-5,8,12,14H,6-7,9-10,16H2,1-3H3. The minimum Gasteiger partial charge on any atom is -0.330 e. The molecule has 1 aromatic rings. The summed E-state index contributed by atoms with van der Waals surface area (Å²) >= 11 is 0. The van der Waals surface area contributed by atoms with E-state index in [1.165, 1.54) is 0 Å². The second-order valence-electron chi connectivity index (χ2n) is 5.87. The van der Waals surface area contributed by atoms with E-state index in [4.69, 9.17) is 5.73 Å². The SMILES string of the molecule is Cc1ccc(S(=O)(=O)N2CCC(C)C(CN)C2)cc1C. The summed E-state index contributed by atoms with van der Waals surface area (Å²) in [6, 6.07) is 5.34. The van der Waals surface area contributed by atoms with Crippen LogP contribution in [0.3, 0.4) is 0 Å². The molecule has 0 amide bonds.